The molecule has 1 saturated heterocycles. The van der Waals surface area contributed by atoms with E-state index in [9.17, 15) is 14.7 Å². The van der Waals surface area contributed by atoms with E-state index in [4.69, 9.17) is 0 Å². The van der Waals surface area contributed by atoms with Crippen LogP contribution in [0.15, 0.2) is 18.2 Å². The predicted octanol–water partition coefficient (Wildman–Crippen LogP) is 0.974. The molecule has 5 heteroatoms. The lowest BCUT2D eigenvalue weighted by molar-refractivity contribution is -0.141. The molecule has 5 nitrogen and oxygen atoms in total. The highest BCUT2D eigenvalue weighted by molar-refractivity contribution is 5.84. The molecule has 0 aromatic heterocycles. The fourth-order valence-corrected chi connectivity index (χ4v) is 2.98. The highest BCUT2D eigenvalue weighted by atomic mass is 16.3. The Hall–Kier alpha value is -2.04. The van der Waals surface area contributed by atoms with Crippen molar-refractivity contribution >= 4 is 11.8 Å². The van der Waals surface area contributed by atoms with Gasteiger partial charge in [0.15, 0.2) is 0 Å². The number of carbonyl (C=O) groups is 2. The summed E-state index contributed by atoms with van der Waals surface area (Å²) in [4.78, 5) is 24.9. The maximum atomic E-state index is 12.1. The molecule has 0 bridgehead atoms. The lowest BCUT2D eigenvalue weighted by Crippen LogP contribution is -2.55. The average Bonchev–Trinajstić information content (AvgIpc) is 2.71. The molecule has 2 amide bonds. The van der Waals surface area contributed by atoms with Crippen molar-refractivity contribution < 1.29 is 14.7 Å². The summed E-state index contributed by atoms with van der Waals surface area (Å²) in [5.41, 5.74) is 1.96. The molecule has 2 N–H and O–H groups in total. The molecule has 1 aromatic rings. The number of nitrogens with one attached hydrogen (secondary N) is 1. The summed E-state index contributed by atoms with van der Waals surface area (Å²) in [6, 6.07) is 5.42. The fourth-order valence-electron chi connectivity index (χ4n) is 2.98. The third kappa shape index (κ3) is 2.13. The minimum Gasteiger partial charge on any atom is -0.508 e. The van der Waals surface area contributed by atoms with Crippen LogP contribution in [0.4, 0.5) is 0 Å². The van der Waals surface area contributed by atoms with Crippen molar-refractivity contribution in [3.05, 3.63) is 29.3 Å². The number of fused-ring (bicyclic) bond motifs is 1. The lowest BCUT2D eigenvalue weighted by Gasteiger charge is -2.38. The minimum atomic E-state index is -0.0970. The van der Waals surface area contributed by atoms with Crippen LogP contribution >= 0.6 is 0 Å². The van der Waals surface area contributed by atoms with E-state index in [1.54, 1.807) is 17.0 Å². The molecule has 0 radical (unpaired) electrons. The van der Waals surface area contributed by atoms with Crippen molar-refractivity contribution in [2.45, 2.75) is 25.8 Å². The zero-order valence-electron chi connectivity index (χ0n) is 11.4. The number of amides is 2. The van der Waals surface area contributed by atoms with Gasteiger partial charge in [0.2, 0.25) is 11.8 Å². The normalized spacial score (nSPS) is 21.2. The van der Waals surface area contributed by atoms with Gasteiger partial charge < -0.3 is 15.3 Å². The van der Waals surface area contributed by atoms with Gasteiger partial charge in [-0.05, 0) is 30.0 Å². The second-order valence-electron chi connectivity index (χ2n) is 5.57. The third-order valence-electron chi connectivity index (χ3n) is 4.26. The van der Waals surface area contributed by atoms with E-state index in [-0.39, 0.29) is 23.8 Å². The Kier molecular flexibility index (Phi) is 3.12. The van der Waals surface area contributed by atoms with Gasteiger partial charge in [-0.2, -0.15) is 0 Å². The van der Waals surface area contributed by atoms with E-state index in [1.807, 2.05) is 6.07 Å². The Bertz CT molecular complexity index is 564. The van der Waals surface area contributed by atoms with E-state index < -0.39 is 0 Å². The second kappa shape index (κ2) is 4.81. The van der Waals surface area contributed by atoms with Crippen LogP contribution in [0.25, 0.3) is 0 Å². The molecule has 1 aliphatic heterocycles. The third-order valence-corrected chi connectivity index (χ3v) is 4.26. The minimum absolute atomic E-state index is 0.00342. The van der Waals surface area contributed by atoms with Gasteiger partial charge in [0.1, 0.15) is 5.75 Å². The van der Waals surface area contributed by atoms with E-state index in [0.29, 0.717) is 18.8 Å². The monoisotopic (exact) mass is 274 g/mol. The van der Waals surface area contributed by atoms with Crippen LogP contribution in [-0.2, 0) is 16.0 Å². The summed E-state index contributed by atoms with van der Waals surface area (Å²) in [5.74, 6) is 0.236. The van der Waals surface area contributed by atoms with E-state index >= 15 is 0 Å². The summed E-state index contributed by atoms with van der Waals surface area (Å²) >= 11 is 0. The SMILES string of the molecule is CC(=O)N1CC(C(=O)NC2CCc3c(O)cccc32)C1. The second-order valence-corrected chi connectivity index (χ2v) is 5.57. The zero-order chi connectivity index (χ0) is 14.3. The van der Waals surface area contributed by atoms with Gasteiger partial charge in [-0.3, -0.25) is 9.59 Å². The topological polar surface area (TPSA) is 69.6 Å². The molecular weight excluding hydrogens is 256 g/mol. The van der Waals surface area contributed by atoms with Crippen molar-refractivity contribution in [1.82, 2.24) is 10.2 Å². The van der Waals surface area contributed by atoms with Crippen molar-refractivity contribution in [2.24, 2.45) is 5.92 Å². The van der Waals surface area contributed by atoms with Crippen LogP contribution in [0.5, 0.6) is 5.75 Å². The number of benzene rings is 1. The van der Waals surface area contributed by atoms with Crippen LogP contribution in [0.3, 0.4) is 0 Å². The predicted molar refractivity (Wildman–Crippen MR) is 73.1 cm³/mol. The standard InChI is InChI=1S/C15H18N2O3/c1-9(18)17-7-10(8-17)15(20)16-13-6-5-12-11(13)3-2-4-14(12)19/h2-4,10,13,19H,5-8H2,1H3,(H,16,20). The molecule has 1 heterocycles. The number of phenolic OH excluding ortho intramolecular Hbond substituents is 1. The van der Waals surface area contributed by atoms with Crippen LogP contribution in [0, 0.1) is 5.92 Å². The first kappa shape index (κ1) is 13.0. The molecule has 3 rings (SSSR count). The Morgan fingerprint density at radius 3 is 2.80 bits per heavy atom. The van der Waals surface area contributed by atoms with E-state index in [2.05, 4.69) is 5.32 Å². The number of hydrogen-bond acceptors (Lipinski definition) is 3. The summed E-state index contributed by atoms with van der Waals surface area (Å²) < 4.78 is 0. The zero-order valence-corrected chi connectivity index (χ0v) is 11.4. The summed E-state index contributed by atoms with van der Waals surface area (Å²) in [5, 5.41) is 12.8. The first-order valence-corrected chi connectivity index (χ1v) is 6.93. The van der Waals surface area contributed by atoms with Crippen molar-refractivity contribution in [2.75, 3.05) is 13.1 Å². The van der Waals surface area contributed by atoms with E-state index in [0.717, 1.165) is 24.0 Å². The Balaban J connectivity index is 1.62. The van der Waals surface area contributed by atoms with Crippen molar-refractivity contribution in [3.63, 3.8) is 0 Å². The van der Waals surface area contributed by atoms with Gasteiger partial charge in [0.25, 0.3) is 0 Å². The van der Waals surface area contributed by atoms with Gasteiger partial charge in [0.05, 0.1) is 12.0 Å². The number of likely N-dealkylation sites (tertiary alicyclic amines) is 1. The molecule has 20 heavy (non-hydrogen) atoms. The van der Waals surface area contributed by atoms with Crippen LogP contribution in [0.2, 0.25) is 0 Å². The Morgan fingerprint density at radius 2 is 2.10 bits per heavy atom. The van der Waals surface area contributed by atoms with E-state index in [1.165, 1.54) is 6.92 Å². The lowest BCUT2D eigenvalue weighted by atomic mass is 9.98. The number of rotatable bonds is 2. The van der Waals surface area contributed by atoms with Crippen LogP contribution in [0.1, 0.15) is 30.5 Å². The highest BCUT2D eigenvalue weighted by Gasteiger charge is 2.36. The molecule has 1 unspecified atom stereocenters. The number of nitrogens with zero attached hydrogens (tertiary/aromatic N) is 1. The summed E-state index contributed by atoms with van der Waals surface area (Å²) in [6.07, 6.45) is 1.61. The molecule has 2 aliphatic rings. The molecule has 106 valence electrons. The number of phenols is 1. The van der Waals surface area contributed by atoms with Gasteiger partial charge in [-0.15, -0.1) is 0 Å². The van der Waals surface area contributed by atoms with Crippen LogP contribution < -0.4 is 5.32 Å². The van der Waals surface area contributed by atoms with Gasteiger partial charge in [-0.25, -0.2) is 0 Å². The van der Waals surface area contributed by atoms with Crippen molar-refractivity contribution in [1.29, 1.82) is 0 Å². The largest absolute Gasteiger partial charge is 0.508 e. The van der Waals surface area contributed by atoms with Crippen molar-refractivity contribution in [3.8, 4) is 5.75 Å². The number of carbonyl (C=O) groups excluding carboxylic acids is 2. The summed E-state index contributed by atoms with van der Waals surface area (Å²) in [7, 11) is 0. The maximum Gasteiger partial charge on any atom is 0.227 e. The molecule has 0 saturated carbocycles. The quantitative estimate of drug-likeness (QED) is 0.844. The molecule has 1 fully saturated rings. The first-order valence-electron chi connectivity index (χ1n) is 6.93. The number of aromatic hydroxyl groups is 1. The van der Waals surface area contributed by atoms with Gasteiger partial charge >= 0.3 is 0 Å². The maximum absolute atomic E-state index is 12.1. The molecular formula is C15H18N2O3. The van der Waals surface area contributed by atoms with Gasteiger partial charge in [-0.1, -0.05) is 12.1 Å². The smallest absolute Gasteiger partial charge is 0.227 e. The molecule has 1 aliphatic carbocycles. The van der Waals surface area contributed by atoms with Crippen LogP contribution in [-0.4, -0.2) is 34.9 Å². The average molecular weight is 274 g/mol. The Labute approximate surface area is 117 Å². The van der Waals surface area contributed by atoms with Gasteiger partial charge in [0, 0.05) is 20.0 Å². The number of hydrogen-bond donors (Lipinski definition) is 2. The molecule has 0 spiro atoms. The molecule has 1 aromatic carbocycles. The first-order chi connectivity index (χ1) is 9.56. The fraction of sp³-hybridized carbons (Fsp3) is 0.467. The Morgan fingerprint density at radius 1 is 1.35 bits per heavy atom. The molecule has 1 atom stereocenters. The highest BCUT2D eigenvalue weighted by Crippen LogP contribution is 2.36. The summed E-state index contributed by atoms with van der Waals surface area (Å²) in [6.45, 7) is 2.55.